The van der Waals surface area contributed by atoms with E-state index in [-0.39, 0.29) is 11.8 Å². The molecule has 0 radical (unpaired) electrons. The van der Waals surface area contributed by atoms with Gasteiger partial charge in [0.2, 0.25) is 5.91 Å². The minimum absolute atomic E-state index is 0.0336. The van der Waals surface area contributed by atoms with Gasteiger partial charge in [-0.3, -0.25) is 4.79 Å². The van der Waals surface area contributed by atoms with Gasteiger partial charge < -0.3 is 15.4 Å². The first-order chi connectivity index (χ1) is 8.79. The molecule has 18 heavy (non-hydrogen) atoms. The van der Waals surface area contributed by atoms with Crippen LogP contribution < -0.4 is 10.5 Å². The average molecular weight is 246 g/mol. The molecule has 1 atom stereocenters. The number of benzene rings is 1. The van der Waals surface area contributed by atoms with E-state index < -0.39 is 0 Å². The molecule has 2 aliphatic heterocycles. The second-order valence-corrected chi connectivity index (χ2v) is 5.07. The molecular weight excluding hydrogens is 228 g/mol. The summed E-state index contributed by atoms with van der Waals surface area (Å²) >= 11 is 0. The van der Waals surface area contributed by atoms with Gasteiger partial charge in [-0.15, -0.1) is 0 Å². The van der Waals surface area contributed by atoms with Gasteiger partial charge in [0.05, 0.1) is 12.5 Å². The lowest BCUT2D eigenvalue weighted by atomic mass is 9.89. The molecule has 0 bridgehead atoms. The van der Waals surface area contributed by atoms with Gasteiger partial charge in [-0.1, -0.05) is 18.2 Å². The van der Waals surface area contributed by atoms with Gasteiger partial charge in [-0.2, -0.15) is 0 Å². The first-order valence-electron chi connectivity index (χ1n) is 6.50. The van der Waals surface area contributed by atoms with Gasteiger partial charge in [0.15, 0.2) is 0 Å². The molecule has 1 unspecified atom stereocenters. The molecule has 1 aromatic carbocycles. The molecule has 4 heteroatoms. The standard InChI is InChI=1S/C14H18N2O2/c15-7-10-8-16(9-10)14(17)12-5-6-18-13-4-2-1-3-11(12)13/h1-4,10,12H,5-9,15H2. The first-order valence-corrected chi connectivity index (χ1v) is 6.50. The van der Waals surface area contributed by atoms with E-state index in [0.717, 1.165) is 30.8 Å². The normalized spacial score (nSPS) is 22.9. The zero-order valence-corrected chi connectivity index (χ0v) is 10.3. The van der Waals surface area contributed by atoms with E-state index in [4.69, 9.17) is 10.5 Å². The van der Waals surface area contributed by atoms with Crippen LogP contribution in [0.5, 0.6) is 5.75 Å². The van der Waals surface area contributed by atoms with Crippen LogP contribution in [0.3, 0.4) is 0 Å². The summed E-state index contributed by atoms with van der Waals surface area (Å²) in [4.78, 5) is 14.4. The Morgan fingerprint density at radius 1 is 1.39 bits per heavy atom. The first kappa shape index (κ1) is 11.5. The Morgan fingerprint density at radius 3 is 2.94 bits per heavy atom. The van der Waals surface area contributed by atoms with Crippen molar-refractivity contribution in [1.82, 2.24) is 4.90 Å². The Morgan fingerprint density at radius 2 is 2.17 bits per heavy atom. The number of hydrogen-bond acceptors (Lipinski definition) is 3. The topological polar surface area (TPSA) is 55.6 Å². The number of hydrogen-bond donors (Lipinski definition) is 1. The van der Waals surface area contributed by atoms with E-state index >= 15 is 0 Å². The number of amides is 1. The van der Waals surface area contributed by atoms with Crippen LogP contribution in [0.15, 0.2) is 24.3 Å². The van der Waals surface area contributed by atoms with E-state index in [1.165, 1.54) is 0 Å². The highest BCUT2D eigenvalue weighted by Gasteiger charge is 2.36. The highest BCUT2D eigenvalue weighted by Crippen LogP contribution is 2.35. The maximum absolute atomic E-state index is 12.4. The Hall–Kier alpha value is -1.55. The van der Waals surface area contributed by atoms with E-state index in [9.17, 15) is 4.79 Å². The van der Waals surface area contributed by atoms with Crippen LogP contribution in [0, 0.1) is 5.92 Å². The lowest BCUT2D eigenvalue weighted by Crippen LogP contribution is -2.54. The van der Waals surface area contributed by atoms with Gasteiger partial charge in [-0.25, -0.2) is 0 Å². The van der Waals surface area contributed by atoms with Crippen molar-refractivity contribution in [2.24, 2.45) is 11.7 Å². The third-order valence-electron chi connectivity index (χ3n) is 3.86. The number of ether oxygens (including phenoxy) is 1. The largest absolute Gasteiger partial charge is 0.493 e. The molecule has 0 aliphatic carbocycles. The van der Waals surface area contributed by atoms with Crippen LogP contribution >= 0.6 is 0 Å². The summed E-state index contributed by atoms with van der Waals surface area (Å²) in [6.45, 7) is 2.93. The number of rotatable bonds is 2. The van der Waals surface area contributed by atoms with Crippen LogP contribution in [0.1, 0.15) is 17.9 Å². The van der Waals surface area contributed by atoms with E-state index in [1.54, 1.807) is 0 Å². The van der Waals surface area contributed by atoms with Gasteiger partial charge in [0, 0.05) is 24.6 Å². The molecule has 2 N–H and O–H groups in total. The molecule has 4 nitrogen and oxygen atoms in total. The molecule has 0 aromatic heterocycles. The van der Waals surface area contributed by atoms with Crippen molar-refractivity contribution >= 4 is 5.91 Å². The molecule has 1 aromatic rings. The predicted molar refractivity (Wildman–Crippen MR) is 68.4 cm³/mol. The highest BCUT2D eigenvalue weighted by molar-refractivity contribution is 5.85. The lowest BCUT2D eigenvalue weighted by Gasteiger charge is -2.41. The summed E-state index contributed by atoms with van der Waals surface area (Å²) in [5.41, 5.74) is 6.63. The fourth-order valence-electron chi connectivity index (χ4n) is 2.72. The van der Waals surface area contributed by atoms with Crippen molar-refractivity contribution in [3.05, 3.63) is 29.8 Å². The molecule has 2 aliphatic rings. The van der Waals surface area contributed by atoms with Gasteiger partial charge in [0.25, 0.3) is 0 Å². The van der Waals surface area contributed by atoms with Crippen molar-refractivity contribution in [2.45, 2.75) is 12.3 Å². The van der Waals surface area contributed by atoms with Crippen LogP contribution in [-0.2, 0) is 4.79 Å². The SMILES string of the molecule is NCC1CN(C(=O)C2CCOc3ccccc32)C1. The third-order valence-corrected chi connectivity index (χ3v) is 3.86. The summed E-state index contributed by atoms with van der Waals surface area (Å²) < 4.78 is 5.59. The maximum Gasteiger partial charge on any atom is 0.230 e. The van der Waals surface area contributed by atoms with Crippen LogP contribution in [0.2, 0.25) is 0 Å². The Kier molecular flexibility index (Phi) is 2.96. The number of nitrogens with zero attached hydrogens (tertiary/aromatic N) is 1. The molecular formula is C14H18N2O2. The number of fused-ring (bicyclic) bond motifs is 1. The zero-order valence-electron chi connectivity index (χ0n) is 10.3. The van der Waals surface area contributed by atoms with Gasteiger partial charge in [0.1, 0.15) is 5.75 Å². The summed E-state index contributed by atoms with van der Waals surface area (Å²) in [5.74, 6) is 1.55. The van der Waals surface area contributed by atoms with E-state index in [2.05, 4.69) is 0 Å². The van der Waals surface area contributed by atoms with Crippen molar-refractivity contribution in [3.63, 3.8) is 0 Å². The highest BCUT2D eigenvalue weighted by atomic mass is 16.5. The van der Waals surface area contributed by atoms with Crippen molar-refractivity contribution in [1.29, 1.82) is 0 Å². The molecule has 3 rings (SSSR count). The molecule has 96 valence electrons. The molecule has 1 fully saturated rings. The van der Waals surface area contributed by atoms with Crippen LogP contribution in [-0.4, -0.2) is 37.0 Å². The smallest absolute Gasteiger partial charge is 0.230 e. The number of carbonyl (C=O) groups excluding carboxylic acids is 1. The average Bonchev–Trinajstić information content (AvgIpc) is 2.36. The van der Waals surface area contributed by atoms with Gasteiger partial charge >= 0.3 is 0 Å². The lowest BCUT2D eigenvalue weighted by molar-refractivity contribution is -0.139. The quantitative estimate of drug-likeness (QED) is 0.846. The Balaban J connectivity index is 1.76. The molecule has 0 saturated carbocycles. The number of para-hydroxylation sites is 1. The van der Waals surface area contributed by atoms with E-state index in [0.29, 0.717) is 19.1 Å². The summed E-state index contributed by atoms with van der Waals surface area (Å²) in [7, 11) is 0. The summed E-state index contributed by atoms with van der Waals surface area (Å²) in [6, 6.07) is 7.84. The maximum atomic E-state index is 12.4. The van der Waals surface area contributed by atoms with Crippen LogP contribution in [0.4, 0.5) is 0 Å². The number of likely N-dealkylation sites (tertiary alicyclic amines) is 1. The fraction of sp³-hybridized carbons (Fsp3) is 0.500. The fourth-order valence-corrected chi connectivity index (χ4v) is 2.72. The second kappa shape index (κ2) is 4.61. The van der Waals surface area contributed by atoms with Crippen molar-refractivity contribution in [3.8, 4) is 5.75 Å². The molecule has 0 spiro atoms. The summed E-state index contributed by atoms with van der Waals surface area (Å²) in [5, 5.41) is 0. The van der Waals surface area contributed by atoms with Gasteiger partial charge in [-0.05, 0) is 19.0 Å². The Labute approximate surface area is 107 Å². The predicted octanol–water partition coefficient (Wildman–Crippen LogP) is 0.970. The number of carbonyl (C=O) groups is 1. The molecule has 1 saturated heterocycles. The van der Waals surface area contributed by atoms with Crippen molar-refractivity contribution in [2.75, 3.05) is 26.2 Å². The van der Waals surface area contributed by atoms with Crippen molar-refractivity contribution < 1.29 is 9.53 Å². The molecule has 1 amide bonds. The van der Waals surface area contributed by atoms with E-state index in [1.807, 2.05) is 29.2 Å². The second-order valence-electron chi connectivity index (χ2n) is 5.07. The van der Waals surface area contributed by atoms with Crippen LogP contribution in [0.25, 0.3) is 0 Å². The minimum atomic E-state index is -0.0336. The zero-order chi connectivity index (χ0) is 12.5. The number of nitrogens with two attached hydrogens (primary N) is 1. The Bertz CT molecular complexity index is 455. The molecule has 2 heterocycles. The monoisotopic (exact) mass is 246 g/mol. The summed E-state index contributed by atoms with van der Waals surface area (Å²) in [6.07, 6.45) is 0.777. The minimum Gasteiger partial charge on any atom is -0.493 e. The third kappa shape index (κ3) is 1.86.